The maximum Gasteiger partial charge on any atom is 0.193 e. The zero-order valence-corrected chi connectivity index (χ0v) is 15.9. The second kappa shape index (κ2) is 8.85. The van der Waals surface area contributed by atoms with Gasteiger partial charge in [-0.15, -0.1) is 11.3 Å². The maximum atomic E-state index is 4.52. The number of aryl methyl sites for hydroxylation is 2. The van der Waals surface area contributed by atoms with Gasteiger partial charge in [-0.3, -0.25) is 4.99 Å². The van der Waals surface area contributed by atoms with E-state index in [-0.39, 0.29) is 0 Å². The lowest BCUT2D eigenvalue weighted by atomic mass is 10.2. The van der Waals surface area contributed by atoms with Crippen LogP contribution in [0.3, 0.4) is 0 Å². The van der Waals surface area contributed by atoms with Crippen LogP contribution in [0.1, 0.15) is 17.1 Å². The average Bonchev–Trinajstić information content (AvgIpc) is 3.08. The number of nitrogens with zero attached hydrogens (tertiary/aromatic N) is 4. The molecule has 1 saturated heterocycles. The van der Waals surface area contributed by atoms with Crippen LogP contribution in [0.5, 0.6) is 0 Å². The Kier molecular flexibility index (Phi) is 6.28. The summed E-state index contributed by atoms with van der Waals surface area (Å²) in [5, 5.41) is 6.85. The highest BCUT2D eigenvalue weighted by Crippen LogP contribution is 2.15. The molecular formula is C19H27N5S. The van der Waals surface area contributed by atoms with Crippen LogP contribution in [0.25, 0.3) is 0 Å². The second-order valence-electron chi connectivity index (χ2n) is 6.27. The third-order valence-corrected chi connectivity index (χ3v) is 5.46. The molecule has 3 rings (SSSR count). The lowest BCUT2D eigenvalue weighted by molar-refractivity contribution is 0.372. The minimum absolute atomic E-state index is 0.935. The van der Waals surface area contributed by atoms with Gasteiger partial charge in [0.1, 0.15) is 0 Å². The van der Waals surface area contributed by atoms with E-state index in [9.17, 15) is 0 Å². The summed E-state index contributed by atoms with van der Waals surface area (Å²) in [4.78, 5) is 13.8. The van der Waals surface area contributed by atoms with Crippen LogP contribution in [-0.4, -0.2) is 55.6 Å². The van der Waals surface area contributed by atoms with E-state index in [1.165, 1.54) is 10.7 Å². The summed E-state index contributed by atoms with van der Waals surface area (Å²) >= 11 is 1.76. The zero-order valence-electron chi connectivity index (χ0n) is 15.1. The SMILES string of the molecule is CN=C(NCCCc1nc(C)cs1)N1CCN(c2ccccc2)CC1. The van der Waals surface area contributed by atoms with E-state index < -0.39 is 0 Å². The molecule has 2 heterocycles. The van der Waals surface area contributed by atoms with Crippen LogP contribution < -0.4 is 10.2 Å². The number of nitrogens with one attached hydrogen (secondary N) is 1. The van der Waals surface area contributed by atoms with Gasteiger partial charge in [0.05, 0.1) is 5.01 Å². The Morgan fingerprint density at radius 3 is 2.60 bits per heavy atom. The highest BCUT2D eigenvalue weighted by molar-refractivity contribution is 7.09. The molecule has 0 radical (unpaired) electrons. The van der Waals surface area contributed by atoms with Crippen LogP contribution in [0.4, 0.5) is 5.69 Å². The molecule has 2 aromatic rings. The highest BCUT2D eigenvalue weighted by Gasteiger charge is 2.19. The number of aromatic nitrogens is 1. The minimum Gasteiger partial charge on any atom is -0.368 e. The van der Waals surface area contributed by atoms with Gasteiger partial charge in [-0.2, -0.15) is 0 Å². The number of anilines is 1. The first-order chi connectivity index (χ1) is 12.3. The summed E-state index contributed by atoms with van der Waals surface area (Å²) < 4.78 is 0. The van der Waals surface area contributed by atoms with Crippen LogP contribution in [0.2, 0.25) is 0 Å². The molecule has 1 aromatic carbocycles. The monoisotopic (exact) mass is 357 g/mol. The van der Waals surface area contributed by atoms with E-state index in [1.54, 1.807) is 11.3 Å². The van der Waals surface area contributed by atoms with Crippen molar-refractivity contribution in [2.75, 3.05) is 44.7 Å². The lowest BCUT2D eigenvalue weighted by Gasteiger charge is -2.37. The summed E-state index contributed by atoms with van der Waals surface area (Å²) in [7, 11) is 1.87. The van der Waals surface area contributed by atoms with Gasteiger partial charge in [0.2, 0.25) is 0 Å². The van der Waals surface area contributed by atoms with E-state index in [1.807, 2.05) is 7.05 Å². The number of piperazine rings is 1. The molecule has 0 bridgehead atoms. The fourth-order valence-electron chi connectivity index (χ4n) is 3.10. The van der Waals surface area contributed by atoms with Crippen molar-refractivity contribution in [3.05, 3.63) is 46.4 Å². The van der Waals surface area contributed by atoms with E-state index >= 15 is 0 Å². The van der Waals surface area contributed by atoms with Gasteiger partial charge >= 0.3 is 0 Å². The molecular weight excluding hydrogens is 330 g/mol. The Morgan fingerprint density at radius 1 is 1.20 bits per heavy atom. The number of rotatable bonds is 5. The van der Waals surface area contributed by atoms with Gasteiger partial charge in [0.15, 0.2) is 5.96 Å². The number of para-hydroxylation sites is 1. The normalized spacial score (nSPS) is 15.5. The van der Waals surface area contributed by atoms with E-state index in [0.717, 1.165) is 57.2 Å². The largest absolute Gasteiger partial charge is 0.368 e. The Bertz CT molecular complexity index is 674. The van der Waals surface area contributed by atoms with Gasteiger partial charge in [0.25, 0.3) is 0 Å². The van der Waals surface area contributed by atoms with Crippen molar-refractivity contribution in [2.24, 2.45) is 4.99 Å². The van der Waals surface area contributed by atoms with Gasteiger partial charge in [-0.05, 0) is 25.5 Å². The molecule has 25 heavy (non-hydrogen) atoms. The summed E-state index contributed by atoms with van der Waals surface area (Å²) in [5.41, 5.74) is 2.43. The summed E-state index contributed by atoms with van der Waals surface area (Å²) in [6, 6.07) is 10.6. The van der Waals surface area contributed by atoms with Crippen molar-refractivity contribution >= 4 is 23.0 Å². The molecule has 0 spiro atoms. The first-order valence-corrected chi connectivity index (χ1v) is 9.81. The molecule has 0 atom stereocenters. The minimum atomic E-state index is 0.935. The van der Waals surface area contributed by atoms with Crippen molar-refractivity contribution in [3.8, 4) is 0 Å². The van der Waals surface area contributed by atoms with E-state index in [0.29, 0.717) is 0 Å². The van der Waals surface area contributed by atoms with Gasteiger partial charge < -0.3 is 15.1 Å². The van der Waals surface area contributed by atoms with Crippen molar-refractivity contribution in [2.45, 2.75) is 19.8 Å². The van der Waals surface area contributed by atoms with Crippen molar-refractivity contribution < 1.29 is 0 Å². The number of hydrogen-bond donors (Lipinski definition) is 1. The molecule has 0 saturated carbocycles. The van der Waals surface area contributed by atoms with Crippen LogP contribution in [-0.2, 0) is 6.42 Å². The Morgan fingerprint density at radius 2 is 1.96 bits per heavy atom. The molecule has 1 fully saturated rings. The molecule has 0 unspecified atom stereocenters. The van der Waals surface area contributed by atoms with E-state index in [2.05, 4.69) is 67.7 Å². The lowest BCUT2D eigenvalue weighted by Crippen LogP contribution is -2.52. The third kappa shape index (κ3) is 4.95. The Labute approximate surface area is 154 Å². The first-order valence-electron chi connectivity index (χ1n) is 8.93. The molecule has 1 aromatic heterocycles. The van der Waals surface area contributed by atoms with Gasteiger partial charge in [-0.25, -0.2) is 4.98 Å². The van der Waals surface area contributed by atoms with Crippen molar-refractivity contribution in [1.82, 2.24) is 15.2 Å². The predicted molar refractivity (Wildman–Crippen MR) is 107 cm³/mol. The predicted octanol–water partition coefficient (Wildman–Crippen LogP) is 2.78. The molecule has 1 aliphatic heterocycles. The number of thiazole rings is 1. The fraction of sp³-hybridized carbons (Fsp3) is 0.474. The summed E-state index contributed by atoms with van der Waals surface area (Å²) in [5.74, 6) is 1.02. The smallest absolute Gasteiger partial charge is 0.193 e. The number of benzene rings is 1. The number of guanidine groups is 1. The number of aliphatic imine (C=N–C) groups is 1. The molecule has 1 aliphatic rings. The Balaban J connectivity index is 1.41. The first kappa shape index (κ1) is 17.7. The van der Waals surface area contributed by atoms with Crippen LogP contribution in [0.15, 0.2) is 40.7 Å². The molecule has 0 aliphatic carbocycles. The fourth-order valence-corrected chi connectivity index (χ4v) is 3.92. The third-order valence-electron chi connectivity index (χ3n) is 4.43. The summed E-state index contributed by atoms with van der Waals surface area (Å²) in [6.45, 7) is 7.05. The molecule has 134 valence electrons. The Hall–Kier alpha value is -2.08. The highest BCUT2D eigenvalue weighted by atomic mass is 32.1. The van der Waals surface area contributed by atoms with E-state index in [4.69, 9.17) is 0 Å². The second-order valence-corrected chi connectivity index (χ2v) is 7.21. The quantitative estimate of drug-likeness (QED) is 0.508. The summed E-state index contributed by atoms with van der Waals surface area (Å²) in [6.07, 6.45) is 2.11. The topological polar surface area (TPSA) is 43.8 Å². The van der Waals surface area contributed by atoms with Crippen molar-refractivity contribution in [1.29, 1.82) is 0 Å². The molecule has 6 heteroatoms. The van der Waals surface area contributed by atoms with Crippen LogP contribution in [0, 0.1) is 6.92 Å². The van der Waals surface area contributed by atoms with Gasteiger partial charge in [0, 0.05) is 63.0 Å². The molecule has 0 amide bonds. The number of hydrogen-bond acceptors (Lipinski definition) is 4. The maximum absolute atomic E-state index is 4.52. The van der Waals surface area contributed by atoms with Crippen molar-refractivity contribution in [3.63, 3.8) is 0 Å². The van der Waals surface area contributed by atoms with Crippen LogP contribution >= 0.6 is 11.3 Å². The zero-order chi connectivity index (χ0) is 17.5. The molecule has 1 N–H and O–H groups in total. The van der Waals surface area contributed by atoms with Gasteiger partial charge in [-0.1, -0.05) is 18.2 Å². The standard InChI is InChI=1S/C19H27N5S/c1-16-15-25-18(22-16)9-6-10-21-19(20-2)24-13-11-23(12-14-24)17-7-4-3-5-8-17/h3-5,7-8,15H,6,9-14H2,1-2H3,(H,20,21). The molecule has 5 nitrogen and oxygen atoms in total. The average molecular weight is 358 g/mol.